The average Bonchev–Trinajstić information content (AvgIpc) is 2.73. The molecule has 0 N–H and O–H groups in total. The second-order valence-electron chi connectivity index (χ2n) is 3.29. The van der Waals surface area contributed by atoms with Gasteiger partial charge in [0.1, 0.15) is 10.1 Å². The quantitative estimate of drug-likeness (QED) is 0.706. The highest BCUT2D eigenvalue weighted by atomic mass is 35.5. The minimum Gasteiger partial charge on any atom is -0.493 e. The zero-order valence-electron chi connectivity index (χ0n) is 7.04. The Bertz CT molecular complexity index is 284. The van der Waals surface area contributed by atoms with Crippen LogP contribution in [0, 0.1) is 5.92 Å². The summed E-state index contributed by atoms with van der Waals surface area (Å²) in [7, 11) is 0. The number of halogens is 2. The average molecular weight is 217 g/mol. The molecule has 1 aromatic rings. The van der Waals surface area contributed by atoms with E-state index >= 15 is 0 Å². The van der Waals surface area contributed by atoms with E-state index < -0.39 is 4.33 Å². The molecule has 1 aromatic carbocycles. The van der Waals surface area contributed by atoms with Gasteiger partial charge in [0.05, 0.1) is 6.61 Å². The molecule has 1 unspecified atom stereocenters. The van der Waals surface area contributed by atoms with Crippen LogP contribution in [0.2, 0.25) is 0 Å². The van der Waals surface area contributed by atoms with Crippen molar-refractivity contribution >= 4 is 23.2 Å². The highest BCUT2D eigenvalue weighted by Crippen LogP contribution is 2.53. The van der Waals surface area contributed by atoms with Crippen LogP contribution in [0.4, 0.5) is 0 Å². The molecule has 3 heteroatoms. The summed E-state index contributed by atoms with van der Waals surface area (Å²) < 4.78 is 4.96. The molecular weight excluding hydrogens is 207 g/mol. The summed E-state index contributed by atoms with van der Waals surface area (Å²) in [6.07, 6.45) is 0.836. The van der Waals surface area contributed by atoms with Crippen LogP contribution in [-0.4, -0.2) is 10.9 Å². The molecule has 0 aromatic heterocycles. The zero-order chi connectivity index (χ0) is 9.31. The van der Waals surface area contributed by atoms with Gasteiger partial charge >= 0.3 is 0 Å². The van der Waals surface area contributed by atoms with Gasteiger partial charge in [0.2, 0.25) is 0 Å². The van der Waals surface area contributed by atoms with E-state index in [4.69, 9.17) is 27.9 Å². The smallest absolute Gasteiger partial charge is 0.125 e. The first-order valence-corrected chi connectivity index (χ1v) is 5.00. The number of hydrogen-bond acceptors (Lipinski definition) is 1. The second kappa shape index (κ2) is 3.39. The Morgan fingerprint density at radius 3 is 2.46 bits per heavy atom. The molecule has 2 rings (SSSR count). The van der Waals surface area contributed by atoms with E-state index in [-0.39, 0.29) is 5.92 Å². The summed E-state index contributed by atoms with van der Waals surface area (Å²) >= 11 is 11.7. The van der Waals surface area contributed by atoms with E-state index in [1.54, 1.807) is 0 Å². The Labute approximate surface area is 87.6 Å². The summed E-state index contributed by atoms with van der Waals surface area (Å²) in [6, 6.07) is 9.68. The number of ether oxygens (including phenoxy) is 1. The van der Waals surface area contributed by atoms with Crippen molar-refractivity contribution in [2.45, 2.75) is 10.8 Å². The van der Waals surface area contributed by atoms with E-state index in [9.17, 15) is 0 Å². The Morgan fingerprint density at radius 2 is 1.92 bits per heavy atom. The van der Waals surface area contributed by atoms with Gasteiger partial charge in [-0.05, 0) is 18.6 Å². The Morgan fingerprint density at radius 1 is 1.31 bits per heavy atom. The largest absolute Gasteiger partial charge is 0.493 e. The summed E-state index contributed by atoms with van der Waals surface area (Å²) in [5, 5.41) is 0. The number of alkyl halides is 2. The lowest BCUT2D eigenvalue weighted by molar-refractivity contribution is 0.298. The van der Waals surface area contributed by atoms with Crippen LogP contribution >= 0.6 is 23.2 Å². The molecular formula is C10H10Cl2O. The highest BCUT2D eigenvalue weighted by Gasteiger charge is 2.52. The molecule has 0 bridgehead atoms. The van der Waals surface area contributed by atoms with Crippen LogP contribution in [-0.2, 0) is 0 Å². The third kappa shape index (κ3) is 2.29. The zero-order valence-corrected chi connectivity index (χ0v) is 8.55. The number of benzene rings is 1. The molecule has 1 nitrogen and oxygen atoms in total. The maximum Gasteiger partial charge on any atom is 0.125 e. The van der Waals surface area contributed by atoms with Crippen molar-refractivity contribution in [3.8, 4) is 5.75 Å². The Kier molecular flexibility index (Phi) is 2.39. The van der Waals surface area contributed by atoms with Crippen LogP contribution in [0.3, 0.4) is 0 Å². The van der Waals surface area contributed by atoms with Gasteiger partial charge in [0, 0.05) is 5.92 Å². The fraction of sp³-hybridized carbons (Fsp3) is 0.400. The van der Waals surface area contributed by atoms with E-state index in [1.807, 2.05) is 30.3 Å². The molecule has 0 aliphatic heterocycles. The molecule has 70 valence electrons. The van der Waals surface area contributed by atoms with Gasteiger partial charge in [-0.15, -0.1) is 23.2 Å². The lowest BCUT2D eigenvalue weighted by Crippen LogP contribution is -2.03. The molecule has 1 aliphatic carbocycles. The summed E-state index contributed by atoms with van der Waals surface area (Å²) in [4.78, 5) is 0. The van der Waals surface area contributed by atoms with E-state index in [0.29, 0.717) is 6.61 Å². The van der Waals surface area contributed by atoms with Crippen LogP contribution < -0.4 is 4.74 Å². The first-order valence-electron chi connectivity index (χ1n) is 4.24. The van der Waals surface area contributed by atoms with Crippen molar-refractivity contribution in [2.24, 2.45) is 5.92 Å². The molecule has 0 amide bonds. The summed E-state index contributed by atoms with van der Waals surface area (Å²) in [5.74, 6) is 1.16. The second-order valence-corrected chi connectivity index (χ2v) is 4.83. The van der Waals surface area contributed by atoms with E-state index in [1.165, 1.54) is 0 Å². The monoisotopic (exact) mass is 216 g/mol. The fourth-order valence-electron chi connectivity index (χ4n) is 1.16. The molecule has 0 heterocycles. The SMILES string of the molecule is ClC1(Cl)CC1COc1ccccc1. The lowest BCUT2D eigenvalue weighted by Gasteiger charge is -2.04. The van der Waals surface area contributed by atoms with Crippen LogP contribution in [0.1, 0.15) is 6.42 Å². The van der Waals surface area contributed by atoms with Crippen LogP contribution in [0.15, 0.2) is 30.3 Å². The Balaban J connectivity index is 1.82. The van der Waals surface area contributed by atoms with Gasteiger partial charge in [-0.1, -0.05) is 18.2 Å². The molecule has 0 saturated heterocycles. The van der Waals surface area contributed by atoms with Crippen molar-refractivity contribution in [1.29, 1.82) is 0 Å². The van der Waals surface area contributed by atoms with Gasteiger partial charge in [-0.3, -0.25) is 0 Å². The van der Waals surface area contributed by atoms with Crippen molar-refractivity contribution in [3.05, 3.63) is 30.3 Å². The minimum absolute atomic E-state index is 0.288. The molecule has 0 radical (unpaired) electrons. The minimum atomic E-state index is -0.533. The van der Waals surface area contributed by atoms with Gasteiger partial charge in [0.25, 0.3) is 0 Å². The van der Waals surface area contributed by atoms with Gasteiger partial charge in [0.15, 0.2) is 0 Å². The van der Waals surface area contributed by atoms with Crippen molar-refractivity contribution < 1.29 is 4.74 Å². The van der Waals surface area contributed by atoms with Gasteiger partial charge in [-0.25, -0.2) is 0 Å². The molecule has 1 saturated carbocycles. The maximum absolute atomic E-state index is 5.86. The summed E-state index contributed by atoms with van der Waals surface area (Å²) in [5.41, 5.74) is 0. The predicted octanol–water partition coefficient (Wildman–Crippen LogP) is 3.26. The van der Waals surface area contributed by atoms with Crippen molar-refractivity contribution in [3.63, 3.8) is 0 Å². The van der Waals surface area contributed by atoms with Crippen molar-refractivity contribution in [1.82, 2.24) is 0 Å². The van der Waals surface area contributed by atoms with Crippen molar-refractivity contribution in [2.75, 3.05) is 6.61 Å². The molecule has 1 aliphatic rings. The number of hydrogen-bond donors (Lipinski definition) is 0. The predicted molar refractivity (Wildman–Crippen MR) is 54.5 cm³/mol. The highest BCUT2D eigenvalue weighted by molar-refractivity contribution is 6.50. The third-order valence-electron chi connectivity index (χ3n) is 2.15. The molecule has 1 fully saturated rings. The molecule has 1 atom stereocenters. The normalized spacial score (nSPS) is 24.0. The lowest BCUT2D eigenvalue weighted by atomic mass is 10.3. The van der Waals surface area contributed by atoms with Crippen LogP contribution in [0.5, 0.6) is 5.75 Å². The standard InChI is InChI=1S/C10H10Cl2O/c11-10(12)6-8(10)7-13-9-4-2-1-3-5-9/h1-5,8H,6-7H2. The van der Waals surface area contributed by atoms with Gasteiger partial charge < -0.3 is 4.74 Å². The molecule has 13 heavy (non-hydrogen) atoms. The topological polar surface area (TPSA) is 9.23 Å². The summed E-state index contributed by atoms with van der Waals surface area (Å²) in [6.45, 7) is 0.608. The fourth-order valence-corrected chi connectivity index (χ4v) is 1.66. The third-order valence-corrected chi connectivity index (χ3v) is 3.08. The maximum atomic E-state index is 5.86. The van der Waals surface area contributed by atoms with E-state index in [0.717, 1.165) is 12.2 Å². The van der Waals surface area contributed by atoms with Crippen LogP contribution in [0.25, 0.3) is 0 Å². The first kappa shape index (κ1) is 9.17. The van der Waals surface area contributed by atoms with Gasteiger partial charge in [-0.2, -0.15) is 0 Å². The Hall–Kier alpha value is -0.400. The van der Waals surface area contributed by atoms with E-state index in [2.05, 4.69) is 0 Å². The number of para-hydroxylation sites is 1. The number of rotatable bonds is 3. The molecule has 0 spiro atoms. The first-order chi connectivity index (χ1) is 6.18.